The lowest BCUT2D eigenvalue weighted by atomic mass is 10.1. The van der Waals surface area contributed by atoms with Gasteiger partial charge in [-0.05, 0) is 19.4 Å². The molecule has 5 heteroatoms. The summed E-state index contributed by atoms with van der Waals surface area (Å²) in [7, 11) is 0. The minimum atomic E-state index is -0.879. The molecule has 0 heterocycles. The molecule has 0 fully saturated rings. The van der Waals surface area contributed by atoms with Gasteiger partial charge in [0, 0.05) is 6.54 Å². The van der Waals surface area contributed by atoms with Crippen molar-refractivity contribution >= 4 is 11.9 Å². The number of rotatable bonds is 10. The molecule has 0 saturated carbocycles. The molecule has 0 rings (SSSR count). The Morgan fingerprint density at radius 1 is 1.11 bits per heavy atom. The molecule has 0 spiro atoms. The Hall–Kier alpha value is -1.10. The van der Waals surface area contributed by atoms with Gasteiger partial charge in [0.25, 0.3) is 0 Å². The molecule has 2 atom stereocenters. The molecule has 0 aliphatic rings. The van der Waals surface area contributed by atoms with Crippen molar-refractivity contribution in [2.45, 2.75) is 52.5 Å². The topological polar surface area (TPSA) is 77.8 Å². The van der Waals surface area contributed by atoms with Gasteiger partial charge in [-0.25, -0.2) is 0 Å². The van der Waals surface area contributed by atoms with Crippen molar-refractivity contribution in [1.29, 1.82) is 0 Å². The van der Waals surface area contributed by atoms with Gasteiger partial charge in [0.2, 0.25) is 0 Å². The van der Waals surface area contributed by atoms with Crippen LogP contribution in [0.25, 0.3) is 0 Å². The van der Waals surface area contributed by atoms with Crippen LogP contribution in [0.2, 0.25) is 0 Å². The number of carboxylic acid groups (broad SMARTS) is 2. The second-order valence-corrected chi connectivity index (χ2v) is 4.70. The number of aliphatic carboxylic acids is 2. The van der Waals surface area contributed by atoms with Crippen LogP contribution >= 0.6 is 0 Å². The third kappa shape index (κ3) is 6.00. The first-order valence-electron chi connectivity index (χ1n) is 6.63. The Morgan fingerprint density at radius 2 is 1.72 bits per heavy atom. The summed E-state index contributed by atoms with van der Waals surface area (Å²) in [6.07, 6.45) is 3.50. The summed E-state index contributed by atoms with van der Waals surface area (Å²) >= 11 is 0. The predicted molar refractivity (Wildman–Crippen MR) is 69.6 cm³/mol. The second kappa shape index (κ2) is 8.91. The van der Waals surface area contributed by atoms with Gasteiger partial charge in [-0.3, -0.25) is 14.5 Å². The molecule has 106 valence electrons. The first kappa shape index (κ1) is 16.9. The summed E-state index contributed by atoms with van der Waals surface area (Å²) in [5, 5.41) is 18.1. The highest BCUT2D eigenvalue weighted by Gasteiger charge is 2.26. The normalized spacial score (nSPS) is 14.4. The van der Waals surface area contributed by atoms with E-state index in [9.17, 15) is 9.59 Å². The molecular weight excluding hydrogens is 234 g/mol. The highest BCUT2D eigenvalue weighted by molar-refractivity contribution is 5.74. The van der Waals surface area contributed by atoms with Gasteiger partial charge in [0.1, 0.15) is 6.04 Å². The van der Waals surface area contributed by atoms with Crippen LogP contribution < -0.4 is 0 Å². The molecule has 0 aromatic heterocycles. The summed E-state index contributed by atoms with van der Waals surface area (Å²) in [6.45, 7) is 6.46. The minimum Gasteiger partial charge on any atom is -0.481 e. The zero-order valence-electron chi connectivity index (χ0n) is 11.6. The molecule has 18 heavy (non-hydrogen) atoms. The van der Waals surface area contributed by atoms with Crippen molar-refractivity contribution in [2.24, 2.45) is 5.92 Å². The largest absolute Gasteiger partial charge is 0.481 e. The molecule has 0 aromatic carbocycles. The molecule has 0 saturated heterocycles. The fraction of sp³-hybridized carbons (Fsp3) is 0.846. The van der Waals surface area contributed by atoms with Crippen LogP contribution in [0.5, 0.6) is 0 Å². The van der Waals surface area contributed by atoms with Crippen LogP contribution in [-0.4, -0.2) is 46.2 Å². The number of carboxylic acids is 2. The van der Waals surface area contributed by atoms with Crippen molar-refractivity contribution in [3.05, 3.63) is 0 Å². The van der Waals surface area contributed by atoms with E-state index in [1.54, 1.807) is 11.8 Å². The van der Waals surface area contributed by atoms with E-state index in [1.807, 2.05) is 6.92 Å². The van der Waals surface area contributed by atoms with Crippen molar-refractivity contribution in [3.8, 4) is 0 Å². The van der Waals surface area contributed by atoms with Gasteiger partial charge in [0.15, 0.2) is 0 Å². The fourth-order valence-corrected chi connectivity index (χ4v) is 1.96. The number of nitrogens with zero attached hydrogens (tertiary/aromatic N) is 1. The van der Waals surface area contributed by atoms with Gasteiger partial charge in [-0.1, -0.05) is 33.6 Å². The Morgan fingerprint density at radius 3 is 2.11 bits per heavy atom. The number of unbranched alkanes of at least 4 members (excludes halogenated alkanes) is 2. The van der Waals surface area contributed by atoms with Gasteiger partial charge in [0.05, 0.1) is 5.92 Å². The van der Waals surface area contributed by atoms with E-state index in [0.29, 0.717) is 19.5 Å². The van der Waals surface area contributed by atoms with Crippen molar-refractivity contribution < 1.29 is 19.8 Å². The number of hydrogen-bond donors (Lipinski definition) is 2. The van der Waals surface area contributed by atoms with Crippen molar-refractivity contribution in [2.75, 3.05) is 13.1 Å². The highest BCUT2D eigenvalue weighted by Crippen LogP contribution is 2.11. The maximum absolute atomic E-state index is 11.2. The van der Waals surface area contributed by atoms with E-state index in [4.69, 9.17) is 10.2 Å². The van der Waals surface area contributed by atoms with Gasteiger partial charge < -0.3 is 10.2 Å². The van der Waals surface area contributed by atoms with E-state index in [1.165, 1.54) is 0 Å². The van der Waals surface area contributed by atoms with Crippen LogP contribution in [0.4, 0.5) is 0 Å². The lowest BCUT2D eigenvalue weighted by Gasteiger charge is -2.29. The molecular formula is C13H25NO4. The average Bonchev–Trinajstić information content (AvgIpc) is 2.29. The molecule has 0 aliphatic heterocycles. The van der Waals surface area contributed by atoms with Gasteiger partial charge in [-0.2, -0.15) is 0 Å². The number of hydrogen-bond acceptors (Lipinski definition) is 3. The molecule has 0 bridgehead atoms. The molecule has 0 radical (unpaired) electrons. The zero-order chi connectivity index (χ0) is 14.1. The van der Waals surface area contributed by atoms with Gasteiger partial charge >= 0.3 is 11.9 Å². The maximum atomic E-state index is 11.2. The summed E-state index contributed by atoms with van der Waals surface area (Å²) < 4.78 is 0. The Labute approximate surface area is 109 Å². The minimum absolute atomic E-state index is 0.295. The summed E-state index contributed by atoms with van der Waals surface area (Å²) in [5.41, 5.74) is 0. The predicted octanol–water partition coefficient (Wildman–Crippen LogP) is 2.06. The monoisotopic (exact) mass is 259 g/mol. The van der Waals surface area contributed by atoms with Crippen LogP contribution in [0, 0.1) is 5.92 Å². The Kier molecular flexibility index (Phi) is 8.37. The van der Waals surface area contributed by atoms with E-state index >= 15 is 0 Å². The highest BCUT2D eigenvalue weighted by atomic mass is 16.4. The lowest BCUT2D eigenvalue weighted by molar-refractivity contribution is -0.147. The first-order chi connectivity index (χ1) is 8.43. The first-order valence-corrected chi connectivity index (χ1v) is 6.63. The lowest BCUT2D eigenvalue weighted by Crippen LogP contribution is -2.44. The van der Waals surface area contributed by atoms with Crippen molar-refractivity contribution in [3.63, 3.8) is 0 Å². The summed E-state index contributed by atoms with van der Waals surface area (Å²) in [4.78, 5) is 23.8. The molecule has 5 nitrogen and oxygen atoms in total. The Balaban J connectivity index is 4.58. The standard InChI is InChI=1S/C13H25NO4/c1-4-6-7-8-14(9-10(3)12(15)16)11(5-2)13(17)18/h10-11H,4-9H2,1-3H3,(H,15,16)(H,17,18). The van der Waals surface area contributed by atoms with Gasteiger partial charge in [-0.15, -0.1) is 0 Å². The number of carbonyl (C=O) groups is 2. The van der Waals surface area contributed by atoms with E-state index in [-0.39, 0.29) is 0 Å². The van der Waals surface area contributed by atoms with E-state index in [2.05, 4.69) is 6.92 Å². The maximum Gasteiger partial charge on any atom is 0.320 e. The van der Waals surface area contributed by atoms with Crippen molar-refractivity contribution in [1.82, 2.24) is 4.90 Å². The Bertz CT molecular complexity index is 268. The zero-order valence-corrected chi connectivity index (χ0v) is 11.6. The molecule has 2 N–H and O–H groups in total. The SMILES string of the molecule is CCCCCN(CC(C)C(=O)O)C(CC)C(=O)O. The average molecular weight is 259 g/mol. The quantitative estimate of drug-likeness (QED) is 0.587. The summed E-state index contributed by atoms with van der Waals surface area (Å²) in [6, 6.07) is -0.580. The van der Waals surface area contributed by atoms with E-state index < -0.39 is 23.9 Å². The van der Waals surface area contributed by atoms with E-state index in [0.717, 1.165) is 19.3 Å². The van der Waals surface area contributed by atoms with Crippen LogP contribution in [-0.2, 0) is 9.59 Å². The second-order valence-electron chi connectivity index (χ2n) is 4.70. The van der Waals surface area contributed by atoms with Crippen LogP contribution in [0.3, 0.4) is 0 Å². The summed E-state index contributed by atoms with van der Waals surface area (Å²) in [5.74, 6) is -2.29. The van der Waals surface area contributed by atoms with Crippen LogP contribution in [0.1, 0.15) is 46.5 Å². The molecule has 0 aliphatic carbocycles. The third-order valence-electron chi connectivity index (χ3n) is 3.09. The molecule has 2 unspecified atom stereocenters. The van der Waals surface area contributed by atoms with Crippen LogP contribution in [0.15, 0.2) is 0 Å². The smallest absolute Gasteiger partial charge is 0.320 e. The molecule has 0 amide bonds. The fourth-order valence-electron chi connectivity index (χ4n) is 1.96. The molecule has 0 aromatic rings. The third-order valence-corrected chi connectivity index (χ3v) is 3.09.